The number of amides is 2. The van der Waals surface area contributed by atoms with Crippen LogP contribution in [0.4, 0.5) is 22.7 Å². The van der Waals surface area contributed by atoms with Crippen LogP contribution in [0.1, 0.15) is 25.0 Å². The number of benzene rings is 4. The molecule has 0 atom stereocenters. The molecule has 8 nitrogen and oxygen atoms in total. The first kappa shape index (κ1) is 26.8. The summed E-state index contributed by atoms with van der Waals surface area (Å²) in [6.07, 6.45) is 3.45. The van der Waals surface area contributed by atoms with Crippen LogP contribution in [-0.2, 0) is 9.59 Å². The first-order valence-electron chi connectivity index (χ1n) is 12.2. The molecule has 0 spiro atoms. The van der Waals surface area contributed by atoms with E-state index in [0.717, 1.165) is 22.5 Å². The van der Waals surface area contributed by atoms with E-state index in [1.54, 1.807) is 36.7 Å². The molecule has 0 radical (unpaired) electrons. The Morgan fingerprint density at radius 1 is 0.615 bits per heavy atom. The Balaban J connectivity index is 1.37. The topological polar surface area (TPSA) is 101 Å². The lowest BCUT2D eigenvalue weighted by atomic mass is 10.2. The molecule has 0 fully saturated rings. The molecule has 0 saturated heterocycles. The van der Waals surface area contributed by atoms with Gasteiger partial charge >= 0.3 is 0 Å². The highest BCUT2D eigenvalue weighted by molar-refractivity contribution is 5.90. The molecule has 0 aliphatic carbocycles. The van der Waals surface area contributed by atoms with Crippen molar-refractivity contribution >= 4 is 47.0 Å². The SMILES string of the molecule is CC(=O)Nc1ccc(N=Cc2ccccc2OCOc2ccccc2C=Nc2ccc(NC(C)=O)cc2)cc1. The van der Waals surface area contributed by atoms with Gasteiger partial charge in [-0.1, -0.05) is 24.3 Å². The van der Waals surface area contributed by atoms with Gasteiger partial charge in [0.15, 0.2) is 0 Å². The van der Waals surface area contributed by atoms with E-state index >= 15 is 0 Å². The third-order valence-corrected chi connectivity index (χ3v) is 5.35. The summed E-state index contributed by atoms with van der Waals surface area (Å²) in [5, 5.41) is 5.47. The van der Waals surface area contributed by atoms with Crippen molar-refractivity contribution in [2.45, 2.75) is 13.8 Å². The van der Waals surface area contributed by atoms with E-state index in [1.807, 2.05) is 72.8 Å². The second-order valence-electron chi connectivity index (χ2n) is 8.45. The summed E-state index contributed by atoms with van der Waals surface area (Å²) in [7, 11) is 0. The predicted molar refractivity (Wildman–Crippen MR) is 155 cm³/mol. The zero-order chi connectivity index (χ0) is 27.5. The molecule has 2 amide bonds. The van der Waals surface area contributed by atoms with Gasteiger partial charge in [-0.3, -0.25) is 19.6 Å². The van der Waals surface area contributed by atoms with Crippen molar-refractivity contribution in [3.8, 4) is 11.5 Å². The summed E-state index contributed by atoms with van der Waals surface area (Å²) in [5.74, 6) is 1.01. The monoisotopic (exact) mass is 520 g/mol. The fourth-order valence-corrected chi connectivity index (χ4v) is 3.55. The molecule has 0 unspecified atom stereocenters. The molecule has 196 valence electrons. The number of ether oxygens (including phenoxy) is 2. The number of carbonyl (C=O) groups excluding carboxylic acids is 2. The Morgan fingerprint density at radius 2 is 1.00 bits per heavy atom. The predicted octanol–water partition coefficient (Wildman–Crippen LogP) is 6.52. The first-order chi connectivity index (χ1) is 19.0. The Morgan fingerprint density at radius 3 is 1.38 bits per heavy atom. The quantitative estimate of drug-likeness (QED) is 0.184. The summed E-state index contributed by atoms with van der Waals surface area (Å²) in [6.45, 7) is 2.93. The van der Waals surface area contributed by atoms with Crippen LogP contribution in [0.5, 0.6) is 11.5 Å². The molecule has 4 rings (SSSR count). The Hall–Kier alpha value is -5.24. The Labute approximate surface area is 227 Å². The summed E-state index contributed by atoms with van der Waals surface area (Å²) >= 11 is 0. The number of anilines is 2. The number of aliphatic imine (C=N–C) groups is 2. The second kappa shape index (κ2) is 13.3. The highest BCUT2D eigenvalue weighted by atomic mass is 16.7. The third kappa shape index (κ3) is 8.40. The highest BCUT2D eigenvalue weighted by Gasteiger charge is 2.05. The number of rotatable bonds is 10. The molecule has 8 heteroatoms. The van der Waals surface area contributed by atoms with E-state index in [-0.39, 0.29) is 18.6 Å². The zero-order valence-corrected chi connectivity index (χ0v) is 21.6. The van der Waals surface area contributed by atoms with Crippen molar-refractivity contribution in [3.05, 3.63) is 108 Å². The summed E-state index contributed by atoms with van der Waals surface area (Å²) in [6, 6.07) is 29.6. The maximum atomic E-state index is 11.2. The molecular formula is C31H28N4O4. The molecule has 0 heterocycles. The molecule has 39 heavy (non-hydrogen) atoms. The molecule has 0 saturated carbocycles. The number of carbonyl (C=O) groups is 2. The fraction of sp³-hybridized carbons (Fsp3) is 0.0968. The molecular weight excluding hydrogens is 492 g/mol. The van der Waals surface area contributed by atoms with Crippen LogP contribution < -0.4 is 20.1 Å². The van der Waals surface area contributed by atoms with E-state index in [2.05, 4.69) is 20.6 Å². The molecule has 4 aromatic rings. The van der Waals surface area contributed by atoms with Gasteiger partial charge in [-0.15, -0.1) is 0 Å². The molecule has 0 aromatic heterocycles. The van der Waals surface area contributed by atoms with Crippen molar-refractivity contribution in [2.75, 3.05) is 17.4 Å². The lowest BCUT2D eigenvalue weighted by Crippen LogP contribution is -2.08. The van der Waals surface area contributed by atoms with Gasteiger partial charge in [0.1, 0.15) is 11.5 Å². The summed E-state index contributed by atoms with van der Waals surface area (Å²) in [4.78, 5) is 31.4. The normalized spacial score (nSPS) is 10.9. The van der Waals surface area contributed by atoms with Gasteiger partial charge in [-0.2, -0.15) is 0 Å². The molecule has 0 aliphatic heterocycles. The van der Waals surface area contributed by atoms with Gasteiger partial charge in [0.05, 0.1) is 11.4 Å². The van der Waals surface area contributed by atoms with Crippen molar-refractivity contribution in [3.63, 3.8) is 0 Å². The number of nitrogens with zero attached hydrogens (tertiary/aromatic N) is 2. The minimum Gasteiger partial charge on any atom is -0.457 e. The first-order valence-corrected chi connectivity index (χ1v) is 12.2. The van der Waals surface area contributed by atoms with Crippen molar-refractivity contribution in [2.24, 2.45) is 9.98 Å². The van der Waals surface area contributed by atoms with Gasteiger partial charge in [0.2, 0.25) is 18.6 Å². The minimum absolute atomic E-state index is 0.00741. The van der Waals surface area contributed by atoms with Gasteiger partial charge in [-0.25, -0.2) is 0 Å². The van der Waals surface area contributed by atoms with Gasteiger partial charge in [-0.05, 0) is 72.8 Å². The number of nitrogens with one attached hydrogen (secondary N) is 2. The maximum absolute atomic E-state index is 11.2. The van der Waals surface area contributed by atoms with Crippen LogP contribution in [0.3, 0.4) is 0 Å². The summed E-state index contributed by atoms with van der Waals surface area (Å²) in [5.41, 5.74) is 4.51. The highest BCUT2D eigenvalue weighted by Crippen LogP contribution is 2.22. The van der Waals surface area contributed by atoms with Crippen LogP contribution in [0.15, 0.2) is 107 Å². The van der Waals surface area contributed by atoms with E-state index in [4.69, 9.17) is 9.47 Å². The van der Waals surface area contributed by atoms with Crippen LogP contribution >= 0.6 is 0 Å². The molecule has 4 aromatic carbocycles. The molecule has 0 aliphatic rings. The smallest absolute Gasteiger partial charge is 0.230 e. The Kier molecular flexibility index (Phi) is 9.18. The zero-order valence-electron chi connectivity index (χ0n) is 21.6. The maximum Gasteiger partial charge on any atom is 0.230 e. The van der Waals surface area contributed by atoms with E-state index in [0.29, 0.717) is 22.9 Å². The van der Waals surface area contributed by atoms with Crippen molar-refractivity contribution in [1.29, 1.82) is 0 Å². The van der Waals surface area contributed by atoms with Gasteiger partial charge in [0, 0.05) is 48.8 Å². The number of para-hydroxylation sites is 2. The standard InChI is InChI=1S/C31H28N4O4/c1-22(36)34-28-15-11-26(12-16-28)32-19-24-7-3-5-9-30(24)38-21-39-31-10-6-4-8-25(31)20-33-27-13-17-29(18-14-27)35-23(2)37/h3-20H,21H2,1-2H3,(H,34,36)(H,35,37). The van der Waals surface area contributed by atoms with Crippen LogP contribution in [0.25, 0.3) is 0 Å². The Bertz CT molecular complexity index is 1370. The van der Waals surface area contributed by atoms with E-state index in [9.17, 15) is 9.59 Å². The van der Waals surface area contributed by atoms with E-state index in [1.165, 1.54) is 13.8 Å². The average Bonchev–Trinajstić information content (AvgIpc) is 2.93. The lowest BCUT2D eigenvalue weighted by molar-refractivity contribution is -0.115. The van der Waals surface area contributed by atoms with Gasteiger partial charge in [0.25, 0.3) is 0 Å². The third-order valence-electron chi connectivity index (χ3n) is 5.35. The largest absolute Gasteiger partial charge is 0.457 e. The second-order valence-corrected chi connectivity index (χ2v) is 8.45. The van der Waals surface area contributed by atoms with Crippen LogP contribution in [0, 0.1) is 0 Å². The molecule has 0 bridgehead atoms. The fourth-order valence-electron chi connectivity index (χ4n) is 3.55. The van der Waals surface area contributed by atoms with E-state index < -0.39 is 0 Å². The average molecular weight is 521 g/mol. The summed E-state index contributed by atoms with van der Waals surface area (Å²) < 4.78 is 11.8. The number of hydrogen-bond acceptors (Lipinski definition) is 6. The minimum atomic E-state index is -0.121. The van der Waals surface area contributed by atoms with Crippen LogP contribution in [0.2, 0.25) is 0 Å². The lowest BCUT2D eigenvalue weighted by Gasteiger charge is -2.12. The van der Waals surface area contributed by atoms with Crippen molar-refractivity contribution < 1.29 is 19.1 Å². The number of hydrogen-bond donors (Lipinski definition) is 2. The van der Waals surface area contributed by atoms with Crippen molar-refractivity contribution in [1.82, 2.24) is 0 Å². The van der Waals surface area contributed by atoms with Gasteiger partial charge < -0.3 is 20.1 Å². The van der Waals surface area contributed by atoms with Crippen LogP contribution in [-0.4, -0.2) is 31.0 Å². The molecule has 2 N–H and O–H groups in total.